The van der Waals surface area contributed by atoms with Gasteiger partial charge in [0.05, 0.1) is 22.9 Å². The van der Waals surface area contributed by atoms with E-state index < -0.39 is 27.9 Å². The van der Waals surface area contributed by atoms with Gasteiger partial charge in [0.1, 0.15) is 29.5 Å². The van der Waals surface area contributed by atoms with Crippen molar-refractivity contribution in [2.75, 3.05) is 24.4 Å². The van der Waals surface area contributed by atoms with E-state index in [0.717, 1.165) is 18.2 Å². The number of carboxylic acids is 1. The molecule has 0 aliphatic carbocycles. The Morgan fingerprint density at radius 1 is 1.22 bits per heavy atom. The van der Waals surface area contributed by atoms with E-state index in [0.29, 0.717) is 42.9 Å². The van der Waals surface area contributed by atoms with Crippen molar-refractivity contribution in [3.8, 4) is 16.9 Å². The van der Waals surface area contributed by atoms with E-state index >= 15 is 0 Å². The van der Waals surface area contributed by atoms with Crippen LogP contribution < -0.4 is 9.46 Å². The number of fused-ring (bicyclic) bond motifs is 3. The number of aliphatic hydroxyl groups excluding tert-OH is 1. The molecule has 0 saturated carbocycles. The van der Waals surface area contributed by atoms with Crippen LogP contribution in [0, 0.1) is 5.82 Å². The molecule has 3 aromatic rings. The lowest BCUT2D eigenvalue weighted by Crippen LogP contribution is -2.22. The van der Waals surface area contributed by atoms with Crippen LogP contribution >= 0.6 is 0 Å². The number of rotatable bonds is 7. The summed E-state index contributed by atoms with van der Waals surface area (Å²) in [4.78, 5) is 13.9. The molecule has 2 aliphatic heterocycles. The lowest BCUT2D eigenvalue weighted by atomic mass is 9.98. The van der Waals surface area contributed by atoms with Gasteiger partial charge in [-0.15, -0.1) is 0 Å². The Kier molecular flexibility index (Phi) is 6.29. The lowest BCUT2D eigenvalue weighted by molar-refractivity contribution is 0.0692. The molecule has 0 spiro atoms. The highest BCUT2D eigenvalue weighted by Crippen LogP contribution is 2.43. The number of sulfonamides is 1. The second-order valence-electron chi connectivity index (χ2n) is 8.61. The molecule has 2 aliphatic rings. The molecule has 1 saturated heterocycles. The highest BCUT2D eigenvalue weighted by molar-refractivity contribution is 7.92. The van der Waals surface area contributed by atoms with Gasteiger partial charge in [-0.1, -0.05) is 12.2 Å². The average molecular weight is 515 g/mol. The van der Waals surface area contributed by atoms with Gasteiger partial charge in [0.25, 0.3) is 10.0 Å². The summed E-state index contributed by atoms with van der Waals surface area (Å²) in [6.45, 7) is 1.69. The predicted molar refractivity (Wildman–Crippen MR) is 129 cm³/mol. The maximum absolute atomic E-state index is 14.0. The minimum absolute atomic E-state index is 0.00671. The fraction of sp³-hybridized carbons (Fsp3) is 0.240. The number of hydrogen-bond donors (Lipinski definition) is 3. The minimum Gasteiger partial charge on any atom is -0.484 e. The number of hydrogen-bond acceptors (Lipinski definition) is 7. The van der Waals surface area contributed by atoms with Crippen molar-refractivity contribution in [1.29, 1.82) is 0 Å². The van der Waals surface area contributed by atoms with E-state index in [2.05, 4.69) is 4.72 Å². The van der Waals surface area contributed by atoms with Crippen LogP contribution in [0.4, 0.5) is 10.1 Å². The standard InChI is InChI=1S/C25H23FN2O7S/c26-16-3-6-22(15(12-16)2-1-9-28-10-7-17(29)13-28)36(32,33)27-20-5-4-19-18-8-11-34-21(18)14-35-24(19)23(20)25(30)31/h1-6,8,11-12,17,27,29H,7,9-10,13-14H2,(H,30,31). The zero-order valence-corrected chi connectivity index (χ0v) is 19.8. The first-order valence-corrected chi connectivity index (χ1v) is 12.7. The van der Waals surface area contributed by atoms with Gasteiger partial charge in [-0.3, -0.25) is 9.62 Å². The molecule has 11 heteroatoms. The second-order valence-corrected chi connectivity index (χ2v) is 10.3. The summed E-state index contributed by atoms with van der Waals surface area (Å²) in [5, 5.41) is 19.6. The largest absolute Gasteiger partial charge is 0.484 e. The van der Waals surface area contributed by atoms with Crippen LogP contribution in [0.2, 0.25) is 0 Å². The van der Waals surface area contributed by atoms with Gasteiger partial charge in [-0.25, -0.2) is 17.6 Å². The third kappa shape index (κ3) is 4.60. The van der Waals surface area contributed by atoms with Crippen molar-refractivity contribution in [3.05, 3.63) is 71.4 Å². The molecule has 3 N–H and O–H groups in total. The van der Waals surface area contributed by atoms with Crippen LogP contribution in [-0.2, 0) is 16.6 Å². The molecule has 9 nitrogen and oxygen atoms in total. The molecule has 1 aromatic heterocycles. The number of likely N-dealkylation sites (tertiary alicyclic amines) is 1. The molecule has 1 atom stereocenters. The highest BCUT2D eigenvalue weighted by atomic mass is 32.2. The summed E-state index contributed by atoms with van der Waals surface area (Å²) in [6.07, 6.45) is 4.93. The number of nitrogens with zero attached hydrogens (tertiary/aromatic N) is 1. The van der Waals surface area contributed by atoms with Crippen LogP contribution in [0.1, 0.15) is 28.1 Å². The van der Waals surface area contributed by atoms with Crippen molar-refractivity contribution < 1.29 is 37.0 Å². The van der Waals surface area contributed by atoms with E-state index in [9.17, 15) is 27.8 Å². The second kappa shape index (κ2) is 9.41. The predicted octanol–water partition coefficient (Wildman–Crippen LogP) is 3.56. The third-order valence-corrected chi connectivity index (χ3v) is 7.61. The number of aliphatic hydroxyl groups is 1. The Bertz CT molecular complexity index is 1470. The molecule has 1 unspecified atom stereocenters. The number of carbonyl (C=O) groups is 1. The van der Waals surface area contributed by atoms with Gasteiger partial charge < -0.3 is 19.4 Å². The molecule has 188 valence electrons. The topological polar surface area (TPSA) is 129 Å². The Balaban J connectivity index is 1.47. The van der Waals surface area contributed by atoms with Crippen molar-refractivity contribution >= 4 is 27.8 Å². The molecule has 0 bridgehead atoms. The molecule has 36 heavy (non-hydrogen) atoms. The quantitative estimate of drug-likeness (QED) is 0.437. The van der Waals surface area contributed by atoms with Crippen LogP contribution in [-0.4, -0.2) is 55.2 Å². The summed E-state index contributed by atoms with van der Waals surface area (Å²) in [5.74, 6) is -1.42. The van der Waals surface area contributed by atoms with Crippen LogP contribution in [0.25, 0.3) is 17.2 Å². The number of nitrogens with one attached hydrogen (secondary N) is 1. The van der Waals surface area contributed by atoms with Gasteiger partial charge in [-0.05, 0) is 48.4 Å². The summed E-state index contributed by atoms with van der Waals surface area (Å²) in [7, 11) is -4.31. The van der Waals surface area contributed by atoms with E-state index in [1.807, 2.05) is 4.90 Å². The van der Waals surface area contributed by atoms with E-state index in [4.69, 9.17) is 9.15 Å². The van der Waals surface area contributed by atoms with Crippen molar-refractivity contribution in [3.63, 3.8) is 0 Å². The van der Waals surface area contributed by atoms with Crippen molar-refractivity contribution in [2.24, 2.45) is 0 Å². The average Bonchev–Trinajstić information content (AvgIpc) is 3.47. The first kappa shape index (κ1) is 24.0. The molecular formula is C25H23FN2O7S. The van der Waals surface area contributed by atoms with E-state index in [1.54, 1.807) is 18.2 Å². The number of β-amino-alcohol motifs (C(OH)–C–C–N with tert-alkyl or cyclic N) is 1. The number of benzene rings is 2. The number of carboxylic acid groups (broad SMARTS) is 1. The summed E-state index contributed by atoms with van der Waals surface area (Å²) in [6, 6.07) is 7.85. The monoisotopic (exact) mass is 514 g/mol. The van der Waals surface area contributed by atoms with Gasteiger partial charge in [0.2, 0.25) is 0 Å². The Morgan fingerprint density at radius 3 is 2.81 bits per heavy atom. The molecule has 3 heterocycles. The third-order valence-electron chi connectivity index (χ3n) is 6.17. The van der Waals surface area contributed by atoms with Gasteiger partial charge in [0.15, 0.2) is 0 Å². The zero-order valence-electron chi connectivity index (χ0n) is 19.0. The number of ether oxygens (including phenoxy) is 1. The Hall–Kier alpha value is -3.67. The summed E-state index contributed by atoms with van der Waals surface area (Å²) in [5.41, 5.74) is 0.733. The van der Waals surface area contributed by atoms with E-state index in [-0.39, 0.29) is 34.1 Å². The van der Waals surface area contributed by atoms with Crippen LogP contribution in [0.15, 0.2) is 58.1 Å². The number of halogens is 1. The molecule has 1 fully saturated rings. The SMILES string of the molecule is O=C(O)c1c(NS(=O)(=O)c2ccc(F)cc2C=CCN2CCC(O)C2)ccc2c1OCc1occc1-2. The molecule has 0 amide bonds. The minimum atomic E-state index is -4.31. The Labute approximate surface area is 206 Å². The fourth-order valence-corrected chi connectivity index (χ4v) is 5.73. The van der Waals surface area contributed by atoms with Gasteiger partial charge >= 0.3 is 5.97 Å². The lowest BCUT2D eigenvalue weighted by Gasteiger charge is -2.21. The highest BCUT2D eigenvalue weighted by Gasteiger charge is 2.30. The number of anilines is 1. The summed E-state index contributed by atoms with van der Waals surface area (Å²) >= 11 is 0. The molecule has 5 rings (SSSR count). The zero-order chi connectivity index (χ0) is 25.4. The first-order valence-electron chi connectivity index (χ1n) is 11.2. The van der Waals surface area contributed by atoms with Crippen LogP contribution in [0.5, 0.6) is 5.75 Å². The normalized spacial score (nSPS) is 17.6. The molecule has 2 aromatic carbocycles. The summed E-state index contributed by atoms with van der Waals surface area (Å²) < 4.78 is 54.0. The maximum Gasteiger partial charge on any atom is 0.341 e. The van der Waals surface area contributed by atoms with Crippen LogP contribution in [0.3, 0.4) is 0 Å². The fourth-order valence-electron chi connectivity index (χ4n) is 4.47. The van der Waals surface area contributed by atoms with Crippen molar-refractivity contribution in [2.45, 2.75) is 24.0 Å². The van der Waals surface area contributed by atoms with E-state index in [1.165, 1.54) is 18.4 Å². The molecule has 0 radical (unpaired) electrons. The number of aromatic carboxylic acids is 1. The maximum atomic E-state index is 14.0. The van der Waals surface area contributed by atoms with Crippen molar-refractivity contribution in [1.82, 2.24) is 4.90 Å². The number of furan rings is 1. The molecular weight excluding hydrogens is 491 g/mol. The smallest absolute Gasteiger partial charge is 0.341 e. The van der Waals surface area contributed by atoms with Gasteiger partial charge in [0, 0.05) is 30.8 Å². The van der Waals surface area contributed by atoms with Gasteiger partial charge in [-0.2, -0.15) is 0 Å². The Morgan fingerprint density at radius 2 is 2.06 bits per heavy atom. The first-order chi connectivity index (χ1) is 17.2.